The van der Waals surface area contributed by atoms with E-state index in [1.165, 1.54) is 12.1 Å². The van der Waals surface area contributed by atoms with Crippen LogP contribution in [0.4, 0.5) is 9.18 Å². The molecule has 0 spiro atoms. The minimum atomic E-state index is -3.29. The van der Waals surface area contributed by atoms with Crippen LogP contribution in [0.1, 0.15) is 18.4 Å². The van der Waals surface area contributed by atoms with Crippen molar-refractivity contribution in [2.45, 2.75) is 31.5 Å². The molecule has 3 atom stereocenters. The van der Waals surface area contributed by atoms with Gasteiger partial charge in [-0.25, -0.2) is 22.3 Å². The van der Waals surface area contributed by atoms with Crippen molar-refractivity contribution in [2.24, 2.45) is 5.92 Å². The maximum Gasteiger partial charge on any atom is 0.317 e. The summed E-state index contributed by atoms with van der Waals surface area (Å²) in [4.78, 5) is 14.0. The molecule has 8 heteroatoms. The molecule has 2 fully saturated rings. The number of sulfonamides is 1. The van der Waals surface area contributed by atoms with Crippen molar-refractivity contribution in [3.05, 3.63) is 35.6 Å². The first kappa shape index (κ1) is 16.2. The predicted molar refractivity (Wildman–Crippen MR) is 83.6 cm³/mol. The molecule has 1 heterocycles. The number of fused-ring (bicyclic) bond motifs is 2. The Hall–Kier alpha value is -1.67. The molecular formula is C15H20FN3O3S. The van der Waals surface area contributed by atoms with Gasteiger partial charge in [0, 0.05) is 19.1 Å². The molecule has 23 heavy (non-hydrogen) atoms. The van der Waals surface area contributed by atoms with E-state index in [1.807, 2.05) is 0 Å². The highest BCUT2D eigenvalue weighted by Gasteiger charge is 2.47. The van der Waals surface area contributed by atoms with Crippen LogP contribution in [0.5, 0.6) is 0 Å². The van der Waals surface area contributed by atoms with Crippen molar-refractivity contribution in [3.63, 3.8) is 0 Å². The van der Waals surface area contributed by atoms with Gasteiger partial charge in [0.2, 0.25) is 10.0 Å². The van der Waals surface area contributed by atoms with Crippen molar-refractivity contribution in [1.82, 2.24) is 14.9 Å². The number of nitrogens with one attached hydrogen (secondary N) is 2. The van der Waals surface area contributed by atoms with E-state index in [4.69, 9.17) is 0 Å². The number of hydrogen-bond acceptors (Lipinski definition) is 3. The SMILES string of the molecule is CS(=O)(=O)N[C@H]1C[C@@H]2C[C@H]1N(C(=O)NCc1cccc(F)c1)C2. The standard InChI is InChI=1S/C15H20FN3O3S/c1-23(21,22)18-13-6-11-7-14(13)19(9-11)15(20)17-8-10-3-2-4-12(16)5-10/h2-5,11,13-14,18H,6-9H2,1H3,(H,17,20)/t11-,13+,14-/m1/s1. The summed E-state index contributed by atoms with van der Waals surface area (Å²) in [6.07, 6.45) is 2.72. The minimum absolute atomic E-state index is 0.109. The van der Waals surface area contributed by atoms with Crippen molar-refractivity contribution >= 4 is 16.1 Å². The zero-order chi connectivity index (χ0) is 16.6. The number of benzene rings is 1. The maximum atomic E-state index is 13.1. The van der Waals surface area contributed by atoms with Gasteiger partial charge in [-0.3, -0.25) is 0 Å². The Balaban J connectivity index is 1.60. The highest BCUT2D eigenvalue weighted by molar-refractivity contribution is 7.88. The Morgan fingerprint density at radius 3 is 2.83 bits per heavy atom. The second kappa shape index (κ2) is 6.09. The second-order valence-electron chi connectivity index (χ2n) is 6.34. The van der Waals surface area contributed by atoms with Crippen LogP contribution in [0.2, 0.25) is 0 Å². The molecule has 1 aromatic carbocycles. The van der Waals surface area contributed by atoms with E-state index >= 15 is 0 Å². The number of hydrogen-bond donors (Lipinski definition) is 2. The molecule has 2 N–H and O–H groups in total. The molecule has 0 aromatic heterocycles. The van der Waals surface area contributed by atoms with Gasteiger partial charge >= 0.3 is 6.03 Å². The Kier molecular flexibility index (Phi) is 4.29. The number of nitrogens with zero attached hydrogens (tertiary/aromatic N) is 1. The highest BCUT2D eigenvalue weighted by atomic mass is 32.2. The molecule has 6 nitrogen and oxygen atoms in total. The molecule has 3 rings (SSSR count). The molecule has 1 aliphatic heterocycles. The Bertz CT molecular complexity index is 710. The maximum absolute atomic E-state index is 13.1. The van der Waals surface area contributed by atoms with E-state index < -0.39 is 10.0 Å². The Morgan fingerprint density at radius 1 is 1.39 bits per heavy atom. The van der Waals surface area contributed by atoms with Gasteiger partial charge in [0.15, 0.2) is 0 Å². The van der Waals surface area contributed by atoms with E-state index in [0.717, 1.165) is 19.1 Å². The molecular weight excluding hydrogens is 321 g/mol. The third-order valence-corrected chi connectivity index (χ3v) is 5.17. The lowest BCUT2D eigenvalue weighted by atomic mass is 10.1. The van der Waals surface area contributed by atoms with E-state index in [9.17, 15) is 17.6 Å². The van der Waals surface area contributed by atoms with Gasteiger partial charge in [0.1, 0.15) is 5.82 Å². The van der Waals surface area contributed by atoms with Crippen molar-refractivity contribution in [2.75, 3.05) is 12.8 Å². The zero-order valence-electron chi connectivity index (χ0n) is 12.8. The van der Waals surface area contributed by atoms with Crippen molar-refractivity contribution in [1.29, 1.82) is 0 Å². The first-order valence-electron chi connectivity index (χ1n) is 7.58. The van der Waals surface area contributed by atoms with E-state index in [0.29, 0.717) is 18.0 Å². The van der Waals surface area contributed by atoms with Crippen LogP contribution in [0, 0.1) is 11.7 Å². The minimum Gasteiger partial charge on any atom is -0.334 e. The van der Waals surface area contributed by atoms with Crippen LogP contribution in [-0.4, -0.2) is 44.2 Å². The van der Waals surface area contributed by atoms with Gasteiger partial charge in [-0.2, -0.15) is 0 Å². The normalized spacial score (nSPS) is 26.5. The number of carbonyl (C=O) groups is 1. The van der Waals surface area contributed by atoms with Gasteiger partial charge in [0.05, 0.1) is 12.3 Å². The summed E-state index contributed by atoms with van der Waals surface area (Å²) < 4.78 is 38.6. The lowest BCUT2D eigenvalue weighted by Crippen LogP contribution is -2.54. The fraction of sp³-hybridized carbons (Fsp3) is 0.533. The summed E-state index contributed by atoms with van der Waals surface area (Å²) in [6.45, 7) is 0.885. The molecule has 2 amide bonds. The Morgan fingerprint density at radius 2 is 2.17 bits per heavy atom. The largest absolute Gasteiger partial charge is 0.334 e. The first-order chi connectivity index (χ1) is 10.8. The van der Waals surface area contributed by atoms with Gasteiger partial charge < -0.3 is 10.2 Å². The summed E-state index contributed by atoms with van der Waals surface area (Å²) in [5, 5.41) is 2.78. The number of carbonyl (C=O) groups excluding carboxylic acids is 1. The average Bonchev–Trinajstić information content (AvgIpc) is 3.02. The molecule has 1 aliphatic carbocycles. The third-order valence-electron chi connectivity index (χ3n) is 4.44. The van der Waals surface area contributed by atoms with Crippen LogP contribution >= 0.6 is 0 Å². The van der Waals surface area contributed by atoms with Crippen molar-refractivity contribution in [3.8, 4) is 0 Å². The number of rotatable bonds is 4. The molecule has 0 radical (unpaired) electrons. The monoisotopic (exact) mass is 341 g/mol. The summed E-state index contributed by atoms with van der Waals surface area (Å²) in [5.74, 6) is -0.00596. The van der Waals surface area contributed by atoms with E-state index in [-0.39, 0.29) is 30.5 Å². The molecule has 1 aromatic rings. The molecule has 1 saturated heterocycles. The fourth-order valence-corrected chi connectivity index (χ4v) is 4.39. The number of likely N-dealkylation sites (tertiary alicyclic amines) is 1. The quantitative estimate of drug-likeness (QED) is 0.859. The molecule has 1 saturated carbocycles. The fourth-order valence-electron chi connectivity index (χ4n) is 3.59. The summed E-state index contributed by atoms with van der Waals surface area (Å²) >= 11 is 0. The topological polar surface area (TPSA) is 78.5 Å². The van der Waals surface area contributed by atoms with Crippen LogP contribution in [0.3, 0.4) is 0 Å². The van der Waals surface area contributed by atoms with Crippen LogP contribution in [0.25, 0.3) is 0 Å². The number of urea groups is 1. The smallest absolute Gasteiger partial charge is 0.317 e. The summed E-state index contributed by atoms with van der Waals surface area (Å²) in [5.41, 5.74) is 0.688. The van der Waals surface area contributed by atoms with Crippen LogP contribution < -0.4 is 10.0 Å². The lowest BCUT2D eigenvalue weighted by Gasteiger charge is -2.33. The molecule has 2 bridgehead atoms. The van der Waals surface area contributed by atoms with E-state index in [1.54, 1.807) is 17.0 Å². The molecule has 0 unspecified atom stereocenters. The predicted octanol–water partition coefficient (Wildman–Crippen LogP) is 1.05. The zero-order valence-corrected chi connectivity index (χ0v) is 13.6. The highest BCUT2D eigenvalue weighted by Crippen LogP contribution is 2.38. The van der Waals surface area contributed by atoms with E-state index in [2.05, 4.69) is 10.0 Å². The van der Waals surface area contributed by atoms with Gasteiger partial charge in [-0.1, -0.05) is 12.1 Å². The van der Waals surface area contributed by atoms with Gasteiger partial charge in [-0.05, 0) is 36.5 Å². The molecule has 2 aliphatic rings. The molecule has 126 valence electrons. The van der Waals surface area contributed by atoms with Crippen LogP contribution in [-0.2, 0) is 16.6 Å². The third kappa shape index (κ3) is 3.81. The van der Waals surface area contributed by atoms with Crippen molar-refractivity contribution < 1.29 is 17.6 Å². The lowest BCUT2D eigenvalue weighted by molar-refractivity contribution is 0.170. The first-order valence-corrected chi connectivity index (χ1v) is 9.47. The number of amides is 2. The Labute approximate surface area is 135 Å². The number of piperidine rings is 1. The second-order valence-corrected chi connectivity index (χ2v) is 8.12. The summed E-state index contributed by atoms with van der Waals surface area (Å²) in [7, 11) is -3.29. The van der Waals surface area contributed by atoms with Gasteiger partial charge in [-0.15, -0.1) is 0 Å². The summed E-state index contributed by atoms with van der Waals surface area (Å²) in [6, 6.07) is 5.51. The van der Waals surface area contributed by atoms with Gasteiger partial charge in [0.25, 0.3) is 0 Å². The average molecular weight is 341 g/mol. The van der Waals surface area contributed by atoms with Crippen LogP contribution in [0.15, 0.2) is 24.3 Å². The number of halogens is 1.